The molecule has 0 saturated carbocycles. The van der Waals surface area contributed by atoms with Crippen LogP contribution < -0.4 is 10.0 Å². The average Bonchev–Trinajstić information content (AvgIpc) is 3.14. The second kappa shape index (κ2) is 8.01. The van der Waals surface area contributed by atoms with Crippen LogP contribution in [0.4, 0.5) is 0 Å². The molecule has 1 heterocycles. The molecule has 0 saturated heterocycles. The summed E-state index contributed by atoms with van der Waals surface area (Å²) in [5.41, 5.74) is 0.0763. The van der Waals surface area contributed by atoms with E-state index in [0.717, 1.165) is 0 Å². The quantitative estimate of drug-likeness (QED) is 0.713. The predicted octanol–water partition coefficient (Wildman–Crippen LogP) is 0.770. The van der Waals surface area contributed by atoms with Crippen LogP contribution in [0.3, 0.4) is 0 Å². The van der Waals surface area contributed by atoms with Gasteiger partial charge in [-0.3, -0.25) is 14.9 Å². The maximum atomic E-state index is 11.8. The summed E-state index contributed by atoms with van der Waals surface area (Å²) in [6, 6.07) is 8.23. The molecule has 2 amide bonds. The van der Waals surface area contributed by atoms with Gasteiger partial charge in [0.05, 0.1) is 15.3 Å². The molecule has 2 rings (SSSR count). The largest absolute Gasteiger partial charge is 0.452 e. The molecular formula is C15H14N2O6S2. The molecule has 1 aromatic heterocycles. The van der Waals surface area contributed by atoms with E-state index < -0.39 is 34.4 Å². The lowest BCUT2D eigenvalue weighted by Gasteiger charge is -2.06. The van der Waals surface area contributed by atoms with Crippen molar-refractivity contribution in [2.45, 2.75) is 4.90 Å². The number of thiophene rings is 1. The van der Waals surface area contributed by atoms with Crippen LogP contribution in [0.15, 0.2) is 46.7 Å². The number of nitrogens with one attached hydrogen (secondary N) is 2. The Kier molecular flexibility index (Phi) is 6.02. The van der Waals surface area contributed by atoms with Gasteiger partial charge in [-0.2, -0.15) is 0 Å². The van der Waals surface area contributed by atoms with Crippen LogP contribution in [0.25, 0.3) is 0 Å². The third kappa shape index (κ3) is 4.95. The number of carbonyl (C=O) groups excluding carboxylic acids is 3. The van der Waals surface area contributed by atoms with E-state index in [1.807, 2.05) is 0 Å². The Labute approximate surface area is 147 Å². The van der Waals surface area contributed by atoms with Gasteiger partial charge in [0.15, 0.2) is 6.61 Å². The Morgan fingerprint density at radius 3 is 2.36 bits per heavy atom. The Hall–Kier alpha value is -2.56. The zero-order valence-electron chi connectivity index (χ0n) is 13.0. The highest BCUT2D eigenvalue weighted by atomic mass is 32.2. The van der Waals surface area contributed by atoms with Gasteiger partial charge >= 0.3 is 5.97 Å². The van der Waals surface area contributed by atoms with Crippen molar-refractivity contribution in [3.63, 3.8) is 0 Å². The molecule has 0 aliphatic rings. The van der Waals surface area contributed by atoms with Crippen LogP contribution in [-0.2, 0) is 19.6 Å². The topological polar surface area (TPSA) is 119 Å². The van der Waals surface area contributed by atoms with Gasteiger partial charge in [-0.1, -0.05) is 6.07 Å². The van der Waals surface area contributed by atoms with Crippen molar-refractivity contribution in [2.75, 3.05) is 13.7 Å². The highest BCUT2D eigenvalue weighted by Crippen LogP contribution is 2.11. The van der Waals surface area contributed by atoms with Gasteiger partial charge in [-0.15, -0.1) is 11.3 Å². The van der Waals surface area contributed by atoms with Crippen LogP contribution in [0.1, 0.15) is 20.0 Å². The first kappa shape index (κ1) is 18.8. The second-order valence-electron chi connectivity index (χ2n) is 4.66. The summed E-state index contributed by atoms with van der Waals surface area (Å²) in [7, 11) is -2.33. The second-order valence-corrected chi connectivity index (χ2v) is 7.50. The number of ether oxygens (including phenoxy) is 1. The van der Waals surface area contributed by atoms with Crippen molar-refractivity contribution in [3.05, 3.63) is 52.2 Å². The van der Waals surface area contributed by atoms with Crippen LogP contribution in [0.5, 0.6) is 0 Å². The summed E-state index contributed by atoms with van der Waals surface area (Å²) >= 11 is 1.17. The summed E-state index contributed by atoms with van der Waals surface area (Å²) < 4.78 is 30.1. The fourth-order valence-electron chi connectivity index (χ4n) is 1.73. The van der Waals surface area contributed by atoms with Crippen molar-refractivity contribution >= 4 is 39.1 Å². The minimum atomic E-state index is -3.60. The molecule has 2 aromatic rings. The lowest BCUT2D eigenvalue weighted by Crippen LogP contribution is -2.33. The summed E-state index contributed by atoms with van der Waals surface area (Å²) in [6.07, 6.45) is 0. The Balaban J connectivity index is 1.89. The third-order valence-corrected chi connectivity index (χ3v) is 5.30. The van der Waals surface area contributed by atoms with Crippen LogP contribution >= 0.6 is 11.3 Å². The molecule has 1 aromatic carbocycles. The van der Waals surface area contributed by atoms with Crippen molar-refractivity contribution < 1.29 is 27.5 Å². The molecular weight excluding hydrogens is 368 g/mol. The molecule has 0 bridgehead atoms. The molecule has 0 atom stereocenters. The van der Waals surface area contributed by atoms with Gasteiger partial charge in [0.25, 0.3) is 11.8 Å². The van der Waals surface area contributed by atoms with Crippen LogP contribution in [-0.4, -0.2) is 39.9 Å². The van der Waals surface area contributed by atoms with Crippen molar-refractivity contribution in [1.29, 1.82) is 0 Å². The molecule has 0 spiro atoms. The van der Waals surface area contributed by atoms with Gasteiger partial charge in [-0.25, -0.2) is 17.9 Å². The number of carbonyl (C=O) groups is 3. The lowest BCUT2D eigenvalue weighted by molar-refractivity contribution is -0.123. The molecule has 0 aliphatic carbocycles. The Morgan fingerprint density at radius 2 is 1.80 bits per heavy atom. The Bertz CT molecular complexity index is 873. The van der Waals surface area contributed by atoms with Gasteiger partial charge < -0.3 is 4.74 Å². The molecule has 0 aliphatic heterocycles. The number of imide groups is 1. The molecule has 2 N–H and O–H groups in total. The normalized spacial score (nSPS) is 10.9. The SMILES string of the molecule is CNS(=O)(=O)c1ccc(C(=O)OCC(=O)NC(=O)c2cccs2)cc1. The van der Waals surface area contributed by atoms with E-state index in [2.05, 4.69) is 10.0 Å². The minimum Gasteiger partial charge on any atom is -0.452 e. The molecule has 8 nitrogen and oxygen atoms in total. The smallest absolute Gasteiger partial charge is 0.338 e. The van der Waals surface area contributed by atoms with Crippen molar-refractivity contribution in [3.8, 4) is 0 Å². The van der Waals surface area contributed by atoms with E-state index in [1.165, 1.54) is 42.6 Å². The first-order valence-electron chi connectivity index (χ1n) is 6.92. The van der Waals surface area contributed by atoms with Crippen LogP contribution in [0.2, 0.25) is 0 Å². The van der Waals surface area contributed by atoms with Gasteiger partial charge in [0, 0.05) is 0 Å². The standard InChI is InChI=1S/C15H14N2O6S2/c1-16-25(21,22)11-6-4-10(5-7-11)15(20)23-9-13(18)17-14(19)12-3-2-8-24-12/h2-8,16H,9H2,1H3,(H,17,18,19). The zero-order chi connectivity index (χ0) is 18.4. The summed E-state index contributed by atoms with van der Waals surface area (Å²) in [5, 5.41) is 3.79. The number of amides is 2. The van der Waals surface area contributed by atoms with Gasteiger partial charge in [-0.05, 0) is 42.8 Å². The van der Waals surface area contributed by atoms with Crippen LogP contribution in [0, 0.1) is 0 Å². The summed E-state index contributed by atoms with van der Waals surface area (Å²) in [5.74, 6) is -2.15. The highest BCUT2D eigenvalue weighted by Gasteiger charge is 2.16. The zero-order valence-corrected chi connectivity index (χ0v) is 14.6. The molecule has 0 fully saturated rings. The first-order chi connectivity index (χ1) is 11.8. The molecule has 132 valence electrons. The minimum absolute atomic E-state index is 0.00848. The fraction of sp³-hybridized carbons (Fsp3) is 0.133. The van der Waals surface area contributed by atoms with E-state index in [0.29, 0.717) is 4.88 Å². The summed E-state index contributed by atoms with van der Waals surface area (Å²) in [4.78, 5) is 35.5. The first-order valence-corrected chi connectivity index (χ1v) is 9.28. The van der Waals surface area contributed by atoms with Crippen molar-refractivity contribution in [1.82, 2.24) is 10.0 Å². The number of hydrogen-bond donors (Lipinski definition) is 2. The molecule has 25 heavy (non-hydrogen) atoms. The van der Waals surface area contributed by atoms with Gasteiger partial charge in [0.1, 0.15) is 0 Å². The van der Waals surface area contributed by atoms with E-state index >= 15 is 0 Å². The maximum absolute atomic E-state index is 11.8. The number of benzene rings is 1. The molecule has 0 unspecified atom stereocenters. The number of hydrogen-bond acceptors (Lipinski definition) is 7. The lowest BCUT2D eigenvalue weighted by atomic mass is 10.2. The summed E-state index contributed by atoms with van der Waals surface area (Å²) in [6.45, 7) is -0.632. The maximum Gasteiger partial charge on any atom is 0.338 e. The molecule has 10 heteroatoms. The van der Waals surface area contributed by atoms with E-state index in [-0.39, 0.29) is 10.5 Å². The predicted molar refractivity (Wildman–Crippen MR) is 89.8 cm³/mol. The Morgan fingerprint density at radius 1 is 1.12 bits per heavy atom. The fourth-order valence-corrected chi connectivity index (χ4v) is 3.08. The van der Waals surface area contributed by atoms with E-state index in [1.54, 1.807) is 17.5 Å². The van der Waals surface area contributed by atoms with Crippen molar-refractivity contribution in [2.24, 2.45) is 0 Å². The monoisotopic (exact) mass is 382 g/mol. The van der Waals surface area contributed by atoms with Gasteiger partial charge in [0.2, 0.25) is 10.0 Å². The van der Waals surface area contributed by atoms with E-state index in [4.69, 9.17) is 4.74 Å². The number of rotatable bonds is 6. The third-order valence-electron chi connectivity index (χ3n) is 3.00. The average molecular weight is 382 g/mol. The van der Waals surface area contributed by atoms with E-state index in [9.17, 15) is 22.8 Å². The highest BCUT2D eigenvalue weighted by molar-refractivity contribution is 7.89. The number of sulfonamides is 1. The molecule has 0 radical (unpaired) electrons. The number of esters is 1.